The molecule has 6 rings (SSSR count). The first-order valence-corrected chi connectivity index (χ1v) is 11.9. The molecule has 2 atom stereocenters. The number of rotatable bonds is 5. The molecule has 3 aromatic carbocycles. The van der Waals surface area contributed by atoms with Gasteiger partial charge in [0.15, 0.2) is 11.4 Å². The summed E-state index contributed by atoms with van der Waals surface area (Å²) in [4.78, 5) is 30.4. The number of carbonyl (C=O) groups is 2. The molecule has 5 aromatic rings. The van der Waals surface area contributed by atoms with E-state index in [2.05, 4.69) is 21.3 Å². The highest BCUT2D eigenvalue weighted by Gasteiger charge is 2.52. The maximum absolute atomic E-state index is 13.0. The minimum absolute atomic E-state index is 0.0793. The van der Waals surface area contributed by atoms with Crippen molar-refractivity contribution in [1.82, 2.24) is 19.7 Å². The number of nitriles is 1. The van der Waals surface area contributed by atoms with Gasteiger partial charge in [0.1, 0.15) is 11.6 Å². The molecule has 2 unspecified atom stereocenters. The summed E-state index contributed by atoms with van der Waals surface area (Å²) in [6.07, 6.45) is 0.0793. The van der Waals surface area contributed by atoms with Crippen molar-refractivity contribution in [3.63, 3.8) is 0 Å². The average Bonchev–Trinajstić information content (AvgIpc) is 3.44. The van der Waals surface area contributed by atoms with Gasteiger partial charge < -0.3 is 4.57 Å². The molecular formula is C27H17N5O2S. The molecule has 7 nitrogen and oxygen atoms in total. The number of benzene rings is 3. The Balaban J connectivity index is 1.38. The van der Waals surface area contributed by atoms with Gasteiger partial charge in [-0.1, -0.05) is 66.7 Å². The molecular weight excluding hydrogens is 458 g/mol. The van der Waals surface area contributed by atoms with Crippen LogP contribution < -0.4 is 0 Å². The Morgan fingerprint density at radius 3 is 2.54 bits per heavy atom. The number of aromatic nitrogens is 4. The Morgan fingerprint density at radius 1 is 0.971 bits per heavy atom. The fourth-order valence-corrected chi connectivity index (χ4v) is 5.20. The first-order chi connectivity index (χ1) is 17.2. The van der Waals surface area contributed by atoms with Crippen LogP contribution in [0, 0.1) is 11.3 Å². The van der Waals surface area contributed by atoms with Crippen LogP contribution in [0.2, 0.25) is 0 Å². The van der Waals surface area contributed by atoms with Crippen molar-refractivity contribution in [2.75, 3.05) is 0 Å². The topological polar surface area (TPSA) is 102 Å². The fourth-order valence-electron chi connectivity index (χ4n) is 4.56. The van der Waals surface area contributed by atoms with E-state index in [1.54, 1.807) is 24.3 Å². The normalized spacial score (nSPS) is 16.9. The van der Waals surface area contributed by atoms with Crippen LogP contribution in [0.1, 0.15) is 28.7 Å². The van der Waals surface area contributed by atoms with Crippen LogP contribution in [0.5, 0.6) is 0 Å². The lowest BCUT2D eigenvalue weighted by molar-refractivity contribution is -0.111. The third kappa shape index (κ3) is 3.66. The lowest BCUT2D eigenvalue weighted by Gasteiger charge is -2.06. The quantitative estimate of drug-likeness (QED) is 0.342. The third-order valence-corrected chi connectivity index (χ3v) is 6.94. The first kappa shape index (κ1) is 21.2. The SMILES string of the molecule is N#Cc1ccccc1CC(=O)Sc1nnc2c3ccccc3n(C3C(=O)C3c3ccccc3)c2n1. The summed E-state index contributed by atoms with van der Waals surface area (Å²) in [5.74, 6) is -0.124. The van der Waals surface area contributed by atoms with Gasteiger partial charge in [-0.3, -0.25) is 9.59 Å². The second kappa shape index (κ2) is 8.46. The maximum atomic E-state index is 13.0. The van der Waals surface area contributed by atoms with Gasteiger partial charge in [0.2, 0.25) is 10.3 Å². The number of fused-ring (bicyclic) bond motifs is 3. The minimum atomic E-state index is -0.382. The number of Topliss-reactive ketones (excluding diaryl/α,β-unsaturated/α-hetero) is 1. The van der Waals surface area contributed by atoms with Crippen LogP contribution in [0.3, 0.4) is 0 Å². The second-order valence-electron chi connectivity index (χ2n) is 8.31. The standard InChI is InChI=1S/C27H17N5O2S/c28-15-18-11-5-4-10-17(18)14-21(33)35-27-29-26-23(30-31-27)19-12-6-7-13-20(19)32(26)24-22(25(24)34)16-8-2-1-3-9-16/h1-13,22,24H,14H2. The Morgan fingerprint density at radius 2 is 1.71 bits per heavy atom. The summed E-state index contributed by atoms with van der Waals surface area (Å²) in [6.45, 7) is 0. The van der Waals surface area contributed by atoms with Gasteiger partial charge in [0.05, 0.1) is 23.1 Å². The van der Waals surface area contributed by atoms with Gasteiger partial charge in [0, 0.05) is 11.8 Å². The van der Waals surface area contributed by atoms with Gasteiger partial charge in [0.25, 0.3) is 0 Å². The van der Waals surface area contributed by atoms with Crippen molar-refractivity contribution in [2.45, 2.75) is 23.5 Å². The van der Waals surface area contributed by atoms with Crippen molar-refractivity contribution >= 4 is 44.7 Å². The second-order valence-corrected chi connectivity index (χ2v) is 9.33. The van der Waals surface area contributed by atoms with Gasteiger partial charge in [-0.05, 0) is 35.0 Å². The first-order valence-electron chi connectivity index (χ1n) is 11.1. The van der Waals surface area contributed by atoms with E-state index in [1.807, 2.05) is 59.2 Å². The predicted molar refractivity (Wildman–Crippen MR) is 132 cm³/mol. The molecule has 1 saturated carbocycles. The van der Waals surface area contributed by atoms with E-state index in [4.69, 9.17) is 0 Å². The van der Waals surface area contributed by atoms with Crippen molar-refractivity contribution in [3.05, 3.63) is 95.6 Å². The zero-order chi connectivity index (χ0) is 23.9. The number of hydrogen-bond acceptors (Lipinski definition) is 7. The van der Waals surface area contributed by atoms with Crippen LogP contribution >= 0.6 is 11.8 Å². The van der Waals surface area contributed by atoms with E-state index in [1.165, 1.54) is 0 Å². The van der Waals surface area contributed by atoms with Crippen molar-refractivity contribution in [1.29, 1.82) is 5.26 Å². The largest absolute Gasteiger partial charge is 0.312 e. The maximum Gasteiger partial charge on any atom is 0.218 e. The van der Waals surface area contributed by atoms with Gasteiger partial charge in [-0.25, -0.2) is 4.98 Å². The number of para-hydroxylation sites is 1. The molecule has 2 heterocycles. The molecule has 0 N–H and O–H groups in total. The number of ketones is 1. The van der Waals surface area contributed by atoms with Crippen LogP contribution in [0.25, 0.3) is 22.1 Å². The Hall–Kier alpha value is -4.35. The van der Waals surface area contributed by atoms with Crippen LogP contribution in [-0.2, 0) is 16.0 Å². The Bertz CT molecular complexity index is 1670. The van der Waals surface area contributed by atoms with E-state index in [0.717, 1.165) is 28.2 Å². The molecule has 2 aromatic heterocycles. The van der Waals surface area contributed by atoms with Crippen molar-refractivity contribution < 1.29 is 9.59 Å². The molecule has 0 amide bonds. The third-order valence-electron chi connectivity index (χ3n) is 6.22. The smallest absolute Gasteiger partial charge is 0.218 e. The van der Waals surface area contributed by atoms with Gasteiger partial charge in [-0.15, -0.1) is 10.2 Å². The molecule has 0 saturated heterocycles. The van der Waals surface area contributed by atoms with Crippen molar-refractivity contribution in [3.8, 4) is 6.07 Å². The van der Waals surface area contributed by atoms with Gasteiger partial charge >= 0.3 is 0 Å². The lowest BCUT2D eigenvalue weighted by Crippen LogP contribution is -2.04. The lowest BCUT2D eigenvalue weighted by atomic mass is 10.1. The summed E-state index contributed by atoms with van der Waals surface area (Å²) in [5, 5.41) is 18.7. The van der Waals surface area contributed by atoms with E-state index >= 15 is 0 Å². The zero-order valence-corrected chi connectivity index (χ0v) is 19.1. The molecule has 0 radical (unpaired) electrons. The minimum Gasteiger partial charge on any atom is -0.312 e. The summed E-state index contributed by atoms with van der Waals surface area (Å²) in [6, 6.07) is 26.2. The van der Waals surface area contributed by atoms with E-state index in [0.29, 0.717) is 22.3 Å². The highest BCUT2D eigenvalue weighted by molar-refractivity contribution is 8.13. The van der Waals surface area contributed by atoms with Crippen LogP contribution in [0.15, 0.2) is 84.0 Å². The predicted octanol–water partition coefficient (Wildman–Crippen LogP) is 4.62. The van der Waals surface area contributed by atoms with Crippen LogP contribution in [-0.4, -0.2) is 30.6 Å². The molecule has 0 bridgehead atoms. The highest BCUT2D eigenvalue weighted by Crippen LogP contribution is 2.50. The van der Waals surface area contributed by atoms with E-state index < -0.39 is 0 Å². The number of nitrogens with zero attached hydrogens (tertiary/aromatic N) is 5. The average molecular weight is 476 g/mol. The molecule has 1 fully saturated rings. The number of hydrogen-bond donors (Lipinski definition) is 0. The van der Waals surface area contributed by atoms with Gasteiger partial charge in [-0.2, -0.15) is 5.26 Å². The highest BCUT2D eigenvalue weighted by atomic mass is 32.2. The molecule has 0 aliphatic heterocycles. The summed E-state index contributed by atoms with van der Waals surface area (Å²) in [7, 11) is 0. The fraction of sp³-hybridized carbons (Fsp3) is 0.111. The van der Waals surface area contributed by atoms with E-state index in [9.17, 15) is 14.9 Å². The monoisotopic (exact) mass is 475 g/mol. The van der Waals surface area contributed by atoms with Crippen molar-refractivity contribution in [2.24, 2.45) is 0 Å². The van der Waals surface area contributed by atoms with Crippen LogP contribution in [0.4, 0.5) is 0 Å². The van der Waals surface area contributed by atoms with E-state index in [-0.39, 0.29) is 34.4 Å². The number of thioether (sulfide) groups is 1. The molecule has 35 heavy (non-hydrogen) atoms. The molecule has 0 spiro atoms. The summed E-state index contributed by atoms with van der Waals surface area (Å²) in [5.41, 5.74) is 4.08. The molecule has 168 valence electrons. The Labute approximate surface area is 204 Å². The summed E-state index contributed by atoms with van der Waals surface area (Å²) < 4.78 is 1.93. The molecule has 8 heteroatoms. The number of carbonyl (C=O) groups excluding carboxylic acids is 2. The zero-order valence-electron chi connectivity index (χ0n) is 18.3. The molecule has 1 aliphatic carbocycles. The summed E-state index contributed by atoms with van der Waals surface area (Å²) >= 11 is 0.890. The Kier molecular flexibility index (Phi) is 5.12. The molecule has 1 aliphatic rings.